The largest absolute Gasteiger partial charge is 0.480 e. The van der Waals surface area contributed by atoms with Gasteiger partial charge < -0.3 is 20.6 Å². The van der Waals surface area contributed by atoms with Crippen LogP contribution in [0, 0.1) is 5.92 Å². The Balaban J connectivity index is 1.90. The molecule has 1 aliphatic heterocycles. The lowest BCUT2D eigenvalue weighted by Gasteiger charge is -2.39. The number of aliphatic carboxylic acids is 1. The summed E-state index contributed by atoms with van der Waals surface area (Å²) in [5.74, 6) is -1.58. The highest BCUT2D eigenvalue weighted by Crippen LogP contribution is 2.35. The summed E-state index contributed by atoms with van der Waals surface area (Å²) in [7, 11) is 0. The van der Waals surface area contributed by atoms with Crippen molar-refractivity contribution < 1.29 is 24.3 Å². The van der Waals surface area contributed by atoms with Crippen LogP contribution in [0.2, 0.25) is 0 Å². The van der Waals surface area contributed by atoms with Crippen LogP contribution in [0.3, 0.4) is 0 Å². The van der Waals surface area contributed by atoms with Crippen LogP contribution < -0.4 is 10.6 Å². The van der Waals surface area contributed by atoms with E-state index in [4.69, 9.17) is 0 Å². The first-order valence-electron chi connectivity index (χ1n) is 12.6. The number of amides is 3. The molecule has 0 aromatic heterocycles. The number of rotatable bonds is 5. The monoisotopic (exact) mass is 486 g/mol. The number of hydrogen-bond donors (Lipinski definition) is 3. The number of carbonyl (C=O) groups excluding carboxylic acids is 3. The van der Waals surface area contributed by atoms with Crippen LogP contribution in [0.5, 0.6) is 0 Å². The molecule has 1 aromatic rings. The third-order valence-electron chi connectivity index (χ3n) is 6.78. The molecule has 0 radical (unpaired) electrons. The fraction of sp³-hybridized carbons (Fsp3) is 0.615. The van der Waals surface area contributed by atoms with Crippen molar-refractivity contribution in [3.63, 3.8) is 0 Å². The van der Waals surface area contributed by atoms with Crippen LogP contribution in [0.15, 0.2) is 24.3 Å². The first-order chi connectivity index (χ1) is 16.7. The minimum atomic E-state index is -1.17. The Morgan fingerprint density at radius 3 is 2.63 bits per heavy atom. The highest BCUT2D eigenvalue weighted by atomic mass is 16.4. The standard InChI is InChI=1S/C26H38N4O5/c1-19(2)11-15-30-16-22(31)28-26(12-7-9-20-8-3-4-10-21(20)26)25(35)27-13-5-6-14-29(17-23(30)32)18-24(33)34/h3-4,8,10,19H,5-7,9,11-18H2,1-2H3,(H,27,35)(H,28,31)(H,33,34). The predicted octanol–water partition coefficient (Wildman–Crippen LogP) is 1.51. The Morgan fingerprint density at radius 1 is 1.11 bits per heavy atom. The van der Waals surface area contributed by atoms with E-state index in [-0.39, 0.29) is 31.4 Å². The van der Waals surface area contributed by atoms with E-state index in [1.165, 1.54) is 4.90 Å². The number of benzene rings is 1. The van der Waals surface area contributed by atoms with Crippen molar-refractivity contribution in [2.24, 2.45) is 5.92 Å². The topological polar surface area (TPSA) is 119 Å². The third kappa shape index (κ3) is 7.04. The molecule has 192 valence electrons. The van der Waals surface area contributed by atoms with E-state index in [1.807, 2.05) is 38.1 Å². The SMILES string of the molecule is CC(C)CCN1CC(=O)NC2(CCCc3ccccc32)C(=O)NCCCCN(CC(=O)O)CC1=O. The second kappa shape index (κ2) is 12.2. The lowest BCUT2D eigenvalue weighted by Crippen LogP contribution is -2.60. The molecule has 9 heteroatoms. The molecule has 1 fully saturated rings. The molecule has 1 spiro atoms. The molecule has 1 unspecified atom stereocenters. The van der Waals surface area contributed by atoms with Gasteiger partial charge in [-0.1, -0.05) is 38.1 Å². The third-order valence-corrected chi connectivity index (χ3v) is 6.78. The molecule has 1 saturated heterocycles. The molecule has 1 atom stereocenters. The number of hydrogen-bond acceptors (Lipinski definition) is 5. The second-order valence-electron chi connectivity index (χ2n) is 10.0. The van der Waals surface area contributed by atoms with E-state index in [9.17, 15) is 24.3 Å². The van der Waals surface area contributed by atoms with Gasteiger partial charge in [-0.15, -0.1) is 0 Å². The summed E-state index contributed by atoms with van der Waals surface area (Å²) in [6, 6.07) is 7.72. The summed E-state index contributed by atoms with van der Waals surface area (Å²) in [5.41, 5.74) is 0.697. The second-order valence-corrected chi connectivity index (χ2v) is 10.0. The van der Waals surface area contributed by atoms with Crippen molar-refractivity contribution in [3.05, 3.63) is 35.4 Å². The Labute approximate surface area is 207 Å². The van der Waals surface area contributed by atoms with Crippen molar-refractivity contribution in [2.75, 3.05) is 39.3 Å². The summed E-state index contributed by atoms with van der Waals surface area (Å²) >= 11 is 0. The molecule has 9 nitrogen and oxygen atoms in total. The zero-order valence-electron chi connectivity index (χ0n) is 20.8. The van der Waals surface area contributed by atoms with E-state index < -0.39 is 17.4 Å². The summed E-state index contributed by atoms with van der Waals surface area (Å²) < 4.78 is 0. The van der Waals surface area contributed by atoms with Crippen molar-refractivity contribution in [2.45, 2.75) is 57.9 Å². The van der Waals surface area contributed by atoms with Gasteiger partial charge in [0.1, 0.15) is 5.54 Å². The highest BCUT2D eigenvalue weighted by Gasteiger charge is 2.44. The number of aryl methyl sites for hydroxylation is 1. The number of nitrogens with zero attached hydrogens (tertiary/aromatic N) is 2. The number of carboxylic acid groups (broad SMARTS) is 1. The fourth-order valence-electron chi connectivity index (χ4n) is 4.92. The Kier molecular flexibility index (Phi) is 9.26. The predicted molar refractivity (Wildman–Crippen MR) is 132 cm³/mol. The van der Waals surface area contributed by atoms with Crippen LogP contribution in [-0.4, -0.2) is 77.9 Å². The van der Waals surface area contributed by atoms with Gasteiger partial charge in [-0.05, 0) is 62.1 Å². The van der Waals surface area contributed by atoms with Crippen molar-refractivity contribution in [1.29, 1.82) is 0 Å². The number of nitrogens with one attached hydrogen (secondary N) is 2. The molecular formula is C26H38N4O5. The fourth-order valence-corrected chi connectivity index (χ4v) is 4.92. The van der Waals surface area contributed by atoms with Gasteiger partial charge in [0, 0.05) is 13.1 Å². The average Bonchev–Trinajstić information content (AvgIpc) is 2.80. The van der Waals surface area contributed by atoms with Gasteiger partial charge in [-0.25, -0.2) is 0 Å². The normalized spacial score (nSPS) is 22.9. The molecule has 3 N–H and O–H groups in total. The number of carbonyl (C=O) groups is 4. The van der Waals surface area contributed by atoms with Gasteiger partial charge in [0.15, 0.2) is 0 Å². The van der Waals surface area contributed by atoms with E-state index in [0.717, 1.165) is 24.0 Å². The molecule has 0 bridgehead atoms. The summed E-state index contributed by atoms with van der Waals surface area (Å²) in [5, 5.41) is 15.3. The number of fused-ring (bicyclic) bond motifs is 2. The molecule has 3 amide bonds. The number of carboxylic acids is 1. The minimum absolute atomic E-state index is 0.0575. The average molecular weight is 487 g/mol. The lowest BCUT2D eigenvalue weighted by atomic mass is 9.75. The molecular weight excluding hydrogens is 448 g/mol. The van der Waals surface area contributed by atoms with Crippen LogP contribution in [0.1, 0.15) is 57.1 Å². The van der Waals surface area contributed by atoms with Crippen LogP contribution in [-0.2, 0) is 31.1 Å². The maximum Gasteiger partial charge on any atom is 0.317 e. The molecule has 0 saturated carbocycles. The van der Waals surface area contributed by atoms with Crippen LogP contribution in [0.4, 0.5) is 0 Å². The van der Waals surface area contributed by atoms with Gasteiger partial charge in [0.05, 0.1) is 19.6 Å². The van der Waals surface area contributed by atoms with Gasteiger partial charge in [0.25, 0.3) is 0 Å². The molecule has 1 aliphatic carbocycles. The summed E-state index contributed by atoms with van der Waals surface area (Å²) in [6.07, 6.45) is 4.10. The molecule has 3 rings (SSSR count). The molecule has 1 aromatic carbocycles. The van der Waals surface area contributed by atoms with E-state index in [1.54, 1.807) is 4.90 Å². The van der Waals surface area contributed by atoms with E-state index in [0.29, 0.717) is 51.2 Å². The Bertz CT molecular complexity index is 934. The minimum Gasteiger partial charge on any atom is -0.480 e. The molecule has 2 aliphatic rings. The van der Waals surface area contributed by atoms with Crippen molar-refractivity contribution in [3.8, 4) is 0 Å². The van der Waals surface area contributed by atoms with Crippen molar-refractivity contribution >= 4 is 23.7 Å². The maximum atomic E-state index is 13.5. The van der Waals surface area contributed by atoms with E-state index >= 15 is 0 Å². The highest BCUT2D eigenvalue weighted by molar-refractivity contribution is 5.94. The van der Waals surface area contributed by atoms with Gasteiger partial charge in [0.2, 0.25) is 17.7 Å². The van der Waals surface area contributed by atoms with Gasteiger partial charge in [-0.3, -0.25) is 24.1 Å². The molecule has 1 heterocycles. The van der Waals surface area contributed by atoms with E-state index in [2.05, 4.69) is 10.6 Å². The molecule has 35 heavy (non-hydrogen) atoms. The quantitative estimate of drug-likeness (QED) is 0.581. The Hall–Kier alpha value is -2.94. The first-order valence-corrected chi connectivity index (χ1v) is 12.6. The zero-order chi connectivity index (χ0) is 25.4. The van der Waals surface area contributed by atoms with Gasteiger partial charge >= 0.3 is 5.97 Å². The summed E-state index contributed by atoms with van der Waals surface area (Å²) in [6.45, 7) is 4.83. The maximum absolute atomic E-state index is 13.5. The van der Waals surface area contributed by atoms with Crippen LogP contribution >= 0.6 is 0 Å². The summed E-state index contributed by atoms with van der Waals surface area (Å²) in [4.78, 5) is 54.5. The smallest absolute Gasteiger partial charge is 0.317 e. The Morgan fingerprint density at radius 2 is 1.89 bits per heavy atom. The van der Waals surface area contributed by atoms with Crippen molar-refractivity contribution in [1.82, 2.24) is 20.4 Å². The zero-order valence-corrected chi connectivity index (χ0v) is 20.8. The van der Waals surface area contributed by atoms with Crippen LogP contribution in [0.25, 0.3) is 0 Å². The first kappa shape index (κ1) is 26.7. The lowest BCUT2D eigenvalue weighted by molar-refractivity contribution is -0.142. The van der Waals surface area contributed by atoms with Gasteiger partial charge in [-0.2, -0.15) is 0 Å².